The summed E-state index contributed by atoms with van der Waals surface area (Å²) in [7, 11) is -5.78. The number of rotatable bonds is 9. The molecule has 0 spiro atoms. The molecule has 0 aliphatic carbocycles. The van der Waals surface area contributed by atoms with Crippen molar-refractivity contribution in [2.75, 3.05) is 6.61 Å². The van der Waals surface area contributed by atoms with Crippen LogP contribution in [0.3, 0.4) is 0 Å². The Balaban J connectivity index is 2.51. The summed E-state index contributed by atoms with van der Waals surface area (Å²) in [4.78, 5) is 40.1. The molecule has 2 aromatic rings. The second kappa shape index (κ2) is 8.54. The van der Waals surface area contributed by atoms with E-state index in [-0.39, 0.29) is 44.7 Å². The molecular formula is C16H17BrF2NO6PS. The van der Waals surface area contributed by atoms with Gasteiger partial charge >= 0.3 is 13.3 Å². The fraction of sp³-hybridized carbons (Fsp3) is 0.375. The zero-order valence-corrected chi connectivity index (χ0v) is 17.9. The molecule has 4 N–H and O–H groups in total. The number of fused-ring (bicyclic) bond motifs is 1. The van der Waals surface area contributed by atoms with Gasteiger partial charge < -0.3 is 20.3 Å². The van der Waals surface area contributed by atoms with Crippen molar-refractivity contribution in [2.45, 2.75) is 31.8 Å². The second-order valence-corrected chi connectivity index (χ2v) is 9.35. The molecule has 12 heteroatoms. The van der Waals surface area contributed by atoms with Crippen molar-refractivity contribution in [3.05, 3.63) is 27.0 Å². The number of halogens is 3. The van der Waals surface area contributed by atoms with Gasteiger partial charge in [0.2, 0.25) is 5.91 Å². The third kappa shape index (κ3) is 4.60. The van der Waals surface area contributed by atoms with Crippen LogP contribution in [0.2, 0.25) is 0 Å². The van der Waals surface area contributed by atoms with E-state index in [1.807, 2.05) is 0 Å². The maximum atomic E-state index is 14.2. The summed E-state index contributed by atoms with van der Waals surface area (Å²) < 4.78 is 45.2. The highest BCUT2D eigenvalue weighted by molar-refractivity contribution is 9.10. The van der Waals surface area contributed by atoms with Gasteiger partial charge in [0.25, 0.3) is 0 Å². The number of carbonyl (C=O) groups excluding carboxylic acids is 2. The van der Waals surface area contributed by atoms with Crippen LogP contribution in [0, 0.1) is 0 Å². The second-order valence-electron chi connectivity index (χ2n) is 5.89. The number of primary amides is 1. The molecule has 0 unspecified atom stereocenters. The lowest BCUT2D eigenvalue weighted by molar-refractivity contribution is -0.118. The predicted octanol–water partition coefficient (Wildman–Crippen LogP) is 4.13. The van der Waals surface area contributed by atoms with Crippen molar-refractivity contribution in [2.24, 2.45) is 5.73 Å². The minimum atomic E-state index is -5.78. The van der Waals surface area contributed by atoms with Gasteiger partial charge in [-0.1, -0.05) is 6.92 Å². The average molecular weight is 500 g/mol. The van der Waals surface area contributed by atoms with Gasteiger partial charge in [-0.25, -0.2) is 0 Å². The summed E-state index contributed by atoms with van der Waals surface area (Å²) in [5.41, 5.74) is 0.834. The molecule has 1 aromatic heterocycles. The van der Waals surface area contributed by atoms with Crippen LogP contribution in [-0.4, -0.2) is 28.1 Å². The van der Waals surface area contributed by atoms with E-state index in [0.717, 1.165) is 0 Å². The normalized spacial score (nSPS) is 12.4. The number of ketones is 1. The Labute approximate surface area is 171 Å². The molecule has 2 rings (SSSR count). The fourth-order valence-electron chi connectivity index (χ4n) is 2.34. The van der Waals surface area contributed by atoms with Crippen LogP contribution >= 0.6 is 34.9 Å². The molecule has 28 heavy (non-hydrogen) atoms. The van der Waals surface area contributed by atoms with Crippen molar-refractivity contribution in [3.63, 3.8) is 0 Å². The van der Waals surface area contributed by atoms with Gasteiger partial charge in [-0.15, -0.1) is 11.3 Å². The van der Waals surface area contributed by atoms with Gasteiger partial charge in [0.1, 0.15) is 16.4 Å². The van der Waals surface area contributed by atoms with Crippen LogP contribution in [0.4, 0.5) is 8.78 Å². The van der Waals surface area contributed by atoms with Crippen LogP contribution in [0.1, 0.15) is 41.4 Å². The number of alkyl halides is 2. The first-order valence-corrected chi connectivity index (χ1v) is 11.3. The largest absolute Gasteiger partial charge is 0.492 e. The number of ether oxygens (including phenoxy) is 1. The van der Waals surface area contributed by atoms with Crippen LogP contribution in [0.15, 0.2) is 16.6 Å². The molecule has 7 nitrogen and oxygen atoms in total. The number of hydrogen-bond acceptors (Lipinski definition) is 5. The van der Waals surface area contributed by atoms with Crippen molar-refractivity contribution >= 4 is 56.6 Å². The maximum Gasteiger partial charge on any atom is 0.400 e. The molecule has 1 aromatic carbocycles. The lowest BCUT2D eigenvalue weighted by Crippen LogP contribution is -2.12. The van der Waals surface area contributed by atoms with Crippen molar-refractivity contribution in [1.29, 1.82) is 0 Å². The zero-order chi connectivity index (χ0) is 21.3. The molecule has 0 bridgehead atoms. The van der Waals surface area contributed by atoms with Gasteiger partial charge in [0.15, 0.2) is 0 Å². The Bertz CT molecular complexity index is 974. The predicted molar refractivity (Wildman–Crippen MR) is 104 cm³/mol. The number of hydrogen-bond donors (Lipinski definition) is 3. The number of amides is 1. The van der Waals surface area contributed by atoms with Crippen molar-refractivity contribution < 1.29 is 37.5 Å². The van der Waals surface area contributed by atoms with E-state index >= 15 is 0 Å². The highest BCUT2D eigenvalue weighted by Gasteiger charge is 2.53. The molecule has 0 saturated heterocycles. The maximum absolute atomic E-state index is 14.2. The topological polar surface area (TPSA) is 127 Å². The van der Waals surface area contributed by atoms with Gasteiger partial charge in [-0.05, 0) is 34.5 Å². The Morgan fingerprint density at radius 1 is 1.36 bits per heavy atom. The van der Waals surface area contributed by atoms with Crippen LogP contribution in [-0.2, 0) is 15.0 Å². The molecule has 0 aliphatic heterocycles. The molecule has 0 atom stereocenters. The van der Waals surface area contributed by atoms with Crippen LogP contribution in [0.25, 0.3) is 10.1 Å². The van der Waals surface area contributed by atoms with Gasteiger partial charge in [-0.2, -0.15) is 8.78 Å². The Kier molecular flexibility index (Phi) is 6.99. The van der Waals surface area contributed by atoms with E-state index in [9.17, 15) is 22.9 Å². The van der Waals surface area contributed by atoms with Crippen molar-refractivity contribution in [1.82, 2.24) is 0 Å². The summed E-state index contributed by atoms with van der Waals surface area (Å²) in [5, 5.41) is 0.115. The lowest BCUT2D eigenvalue weighted by atomic mass is 10.1. The monoisotopic (exact) mass is 499 g/mol. The van der Waals surface area contributed by atoms with Gasteiger partial charge in [0.05, 0.1) is 11.3 Å². The first kappa shape index (κ1) is 22.9. The molecule has 154 valence electrons. The van der Waals surface area contributed by atoms with E-state index in [4.69, 9.17) is 20.3 Å². The number of thiophene rings is 1. The third-order valence-electron chi connectivity index (χ3n) is 3.87. The molecule has 0 aliphatic rings. The van der Waals surface area contributed by atoms with E-state index in [2.05, 4.69) is 15.9 Å². The van der Waals surface area contributed by atoms with Crippen molar-refractivity contribution in [3.8, 4) is 5.75 Å². The summed E-state index contributed by atoms with van der Waals surface area (Å²) in [6, 6.07) is 2.51. The number of nitrogens with two attached hydrogens (primary N) is 1. The molecule has 0 fully saturated rings. The van der Waals surface area contributed by atoms with Crippen LogP contribution in [0.5, 0.6) is 5.75 Å². The molecule has 0 radical (unpaired) electrons. The quantitative estimate of drug-likeness (QED) is 0.351. The highest BCUT2D eigenvalue weighted by Crippen LogP contribution is 2.63. The lowest BCUT2D eigenvalue weighted by Gasteiger charge is -2.16. The van der Waals surface area contributed by atoms with Gasteiger partial charge in [-0.3, -0.25) is 14.2 Å². The summed E-state index contributed by atoms with van der Waals surface area (Å²) in [6.07, 6.45) is 1.05. The Morgan fingerprint density at radius 2 is 2.00 bits per heavy atom. The first-order valence-electron chi connectivity index (χ1n) is 8.04. The zero-order valence-electron chi connectivity index (χ0n) is 14.6. The Morgan fingerprint density at radius 3 is 2.54 bits per heavy atom. The summed E-state index contributed by atoms with van der Waals surface area (Å²) >= 11 is 3.38. The minimum Gasteiger partial charge on any atom is -0.492 e. The van der Waals surface area contributed by atoms with Crippen LogP contribution < -0.4 is 10.5 Å². The molecule has 1 heterocycles. The smallest absolute Gasteiger partial charge is 0.400 e. The fourth-order valence-corrected chi connectivity index (χ4v) is 5.32. The first-order chi connectivity index (χ1) is 12.9. The van der Waals surface area contributed by atoms with E-state index in [1.165, 1.54) is 12.1 Å². The molecular weight excluding hydrogens is 483 g/mol. The van der Waals surface area contributed by atoms with E-state index in [0.29, 0.717) is 24.2 Å². The minimum absolute atomic E-state index is 0.0170. The SMILES string of the molecule is CCC(=O)CCCOc1cc(C(N)=O)cc2c(Br)c(C(F)(F)P(=O)(O)O)sc12. The van der Waals surface area contributed by atoms with E-state index < -0.39 is 24.0 Å². The third-order valence-corrected chi connectivity index (χ3v) is 7.35. The highest BCUT2D eigenvalue weighted by atomic mass is 79.9. The Hall–Kier alpha value is -1.39. The molecule has 1 amide bonds. The van der Waals surface area contributed by atoms with E-state index in [1.54, 1.807) is 6.92 Å². The van der Waals surface area contributed by atoms with Gasteiger partial charge in [0, 0.05) is 28.3 Å². The standard InChI is InChI=1S/C16H17BrF2NO6PS/c1-2-9(21)4-3-5-26-11-7-8(15(20)22)6-10-12(17)14(28-13(10)11)16(18,19)27(23,24)25/h6-7H,2-5H2,1H3,(H2,20,22)(H2,23,24,25). The summed E-state index contributed by atoms with van der Waals surface area (Å²) in [6.45, 7) is 1.82. The number of carbonyl (C=O) groups is 2. The average Bonchev–Trinajstić information content (AvgIpc) is 2.94. The number of Topliss-reactive ketones (excluding diaryl/α,β-unsaturated/α-hetero) is 1. The molecule has 0 saturated carbocycles. The number of benzene rings is 1. The summed E-state index contributed by atoms with van der Waals surface area (Å²) in [5.74, 6) is -0.718.